The summed E-state index contributed by atoms with van der Waals surface area (Å²) in [4.78, 5) is 0. The van der Waals surface area contributed by atoms with Crippen LogP contribution in [0.1, 0.15) is 53.9 Å². The van der Waals surface area contributed by atoms with Crippen molar-refractivity contribution in [3.63, 3.8) is 0 Å². The first-order valence-corrected chi connectivity index (χ1v) is 6.14. The normalized spacial score (nSPS) is 32.9. The zero-order valence-electron chi connectivity index (χ0n) is 10.9. The highest BCUT2D eigenvalue weighted by atomic mass is 16.3. The molecule has 0 saturated carbocycles. The van der Waals surface area contributed by atoms with Gasteiger partial charge in [0.05, 0.1) is 6.10 Å². The van der Waals surface area contributed by atoms with Gasteiger partial charge in [-0.1, -0.05) is 39.8 Å². The lowest BCUT2D eigenvalue weighted by molar-refractivity contribution is 0.0935. The van der Waals surface area contributed by atoms with Crippen molar-refractivity contribution in [1.29, 1.82) is 0 Å². The average Bonchev–Trinajstić information content (AvgIpc) is 2.38. The second kappa shape index (κ2) is 4.29. The Bertz CT molecular complexity index is 240. The fourth-order valence-electron chi connectivity index (χ4n) is 2.29. The van der Waals surface area contributed by atoms with Gasteiger partial charge < -0.3 is 5.11 Å². The second-order valence-corrected chi connectivity index (χ2v) is 6.15. The van der Waals surface area contributed by atoms with Crippen molar-refractivity contribution >= 4 is 0 Å². The topological polar surface area (TPSA) is 20.2 Å². The molecule has 88 valence electrons. The molecule has 0 aromatic rings. The molecule has 1 aliphatic rings. The van der Waals surface area contributed by atoms with Crippen LogP contribution in [0.3, 0.4) is 0 Å². The highest BCUT2D eigenvalue weighted by molar-refractivity contribution is 5.12. The summed E-state index contributed by atoms with van der Waals surface area (Å²) in [7, 11) is 0. The number of aliphatic hydroxyl groups excluding tert-OH is 1. The van der Waals surface area contributed by atoms with Crippen LogP contribution < -0.4 is 0 Å². The van der Waals surface area contributed by atoms with Crippen LogP contribution >= 0.6 is 0 Å². The van der Waals surface area contributed by atoms with Crippen LogP contribution in [-0.4, -0.2) is 11.2 Å². The third-order valence-corrected chi connectivity index (χ3v) is 4.63. The Balaban J connectivity index is 2.52. The van der Waals surface area contributed by atoms with E-state index in [0.717, 1.165) is 6.42 Å². The predicted octanol–water partition coefficient (Wildman–Crippen LogP) is 3.78. The molecule has 3 atom stereocenters. The maximum absolute atomic E-state index is 9.49. The van der Waals surface area contributed by atoms with Gasteiger partial charge in [0.25, 0.3) is 0 Å². The number of hydrogen-bond acceptors (Lipinski definition) is 1. The molecule has 1 N–H and O–H groups in total. The van der Waals surface area contributed by atoms with Gasteiger partial charge in [-0.25, -0.2) is 0 Å². The minimum absolute atomic E-state index is 0.175. The molecule has 0 aromatic heterocycles. The molecule has 1 aliphatic carbocycles. The molecule has 0 aliphatic heterocycles. The number of allylic oxidation sites excluding steroid dienone is 2. The summed E-state index contributed by atoms with van der Waals surface area (Å²) in [5.41, 5.74) is 0.696. The minimum Gasteiger partial charge on any atom is -0.393 e. The quantitative estimate of drug-likeness (QED) is 0.700. The highest BCUT2D eigenvalue weighted by Crippen LogP contribution is 2.51. The van der Waals surface area contributed by atoms with Gasteiger partial charge in [0.1, 0.15) is 0 Å². The molecule has 3 unspecified atom stereocenters. The number of aliphatic hydroxyl groups is 1. The predicted molar refractivity (Wildman–Crippen MR) is 65.7 cm³/mol. The fraction of sp³-hybridized carbons (Fsp3) is 0.857. The third kappa shape index (κ3) is 2.63. The van der Waals surface area contributed by atoms with E-state index in [2.05, 4.69) is 39.8 Å². The van der Waals surface area contributed by atoms with Crippen LogP contribution in [0.25, 0.3) is 0 Å². The van der Waals surface area contributed by atoms with Crippen LogP contribution in [0.5, 0.6) is 0 Å². The molecule has 0 bridgehead atoms. The second-order valence-electron chi connectivity index (χ2n) is 6.15. The van der Waals surface area contributed by atoms with E-state index in [4.69, 9.17) is 0 Å². The molecule has 15 heavy (non-hydrogen) atoms. The summed E-state index contributed by atoms with van der Waals surface area (Å²) >= 11 is 0. The first-order chi connectivity index (χ1) is 6.78. The van der Waals surface area contributed by atoms with E-state index in [9.17, 15) is 5.11 Å². The summed E-state index contributed by atoms with van der Waals surface area (Å²) < 4.78 is 0. The largest absolute Gasteiger partial charge is 0.393 e. The van der Waals surface area contributed by atoms with Gasteiger partial charge in [0.15, 0.2) is 0 Å². The molecule has 0 spiro atoms. The molecule has 1 nitrogen and oxygen atoms in total. The maximum atomic E-state index is 9.49. The van der Waals surface area contributed by atoms with Crippen LogP contribution in [-0.2, 0) is 0 Å². The Labute approximate surface area is 94.6 Å². The van der Waals surface area contributed by atoms with Crippen molar-refractivity contribution < 1.29 is 5.11 Å². The monoisotopic (exact) mass is 210 g/mol. The Morgan fingerprint density at radius 3 is 2.27 bits per heavy atom. The maximum Gasteiger partial charge on any atom is 0.0537 e. The molecule has 0 radical (unpaired) electrons. The van der Waals surface area contributed by atoms with Crippen molar-refractivity contribution in [2.75, 3.05) is 0 Å². The molecule has 0 heterocycles. The average molecular weight is 210 g/mol. The summed E-state index contributed by atoms with van der Waals surface area (Å²) in [6, 6.07) is 0. The minimum atomic E-state index is -0.175. The van der Waals surface area contributed by atoms with Gasteiger partial charge in [-0.15, -0.1) is 0 Å². The zero-order valence-corrected chi connectivity index (χ0v) is 10.9. The van der Waals surface area contributed by atoms with Gasteiger partial charge in [0.2, 0.25) is 0 Å². The van der Waals surface area contributed by atoms with Gasteiger partial charge in [-0.2, -0.15) is 0 Å². The Morgan fingerprint density at radius 2 is 1.87 bits per heavy atom. The summed E-state index contributed by atoms with van der Waals surface area (Å²) in [6.07, 6.45) is 8.00. The van der Waals surface area contributed by atoms with E-state index in [0.29, 0.717) is 16.7 Å². The van der Waals surface area contributed by atoms with Crippen LogP contribution in [0.4, 0.5) is 0 Å². The fourth-order valence-corrected chi connectivity index (χ4v) is 2.29. The molecular formula is C14H26O. The van der Waals surface area contributed by atoms with Crippen LogP contribution in [0.2, 0.25) is 0 Å². The van der Waals surface area contributed by atoms with Crippen LogP contribution in [0, 0.1) is 16.7 Å². The van der Waals surface area contributed by atoms with Crippen molar-refractivity contribution in [2.24, 2.45) is 16.7 Å². The van der Waals surface area contributed by atoms with E-state index >= 15 is 0 Å². The summed E-state index contributed by atoms with van der Waals surface area (Å²) in [5, 5.41) is 9.49. The zero-order chi connectivity index (χ0) is 11.7. The van der Waals surface area contributed by atoms with E-state index < -0.39 is 0 Å². The summed E-state index contributed by atoms with van der Waals surface area (Å²) in [5.74, 6) is 0.415. The van der Waals surface area contributed by atoms with E-state index in [-0.39, 0.29) is 6.10 Å². The molecule has 0 saturated heterocycles. The Kier molecular flexibility index (Phi) is 3.65. The number of hydrogen-bond donors (Lipinski definition) is 1. The lowest BCUT2D eigenvalue weighted by atomic mass is 9.65. The molecule has 0 fully saturated rings. The Morgan fingerprint density at radius 1 is 1.27 bits per heavy atom. The first kappa shape index (κ1) is 12.8. The Hall–Kier alpha value is -0.300. The smallest absolute Gasteiger partial charge is 0.0537 e. The van der Waals surface area contributed by atoms with E-state index in [1.54, 1.807) is 0 Å². The van der Waals surface area contributed by atoms with Crippen molar-refractivity contribution in [3.8, 4) is 0 Å². The van der Waals surface area contributed by atoms with Crippen molar-refractivity contribution in [3.05, 3.63) is 12.2 Å². The standard InChI is InChI=1S/C14H26O/c1-11(12(2)15)7-10-14(5)9-6-8-13(14,3)4/h6,8,11-12,15H,7,9-10H2,1-5H3. The van der Waals surface area contributed by atoms with Crippen molar-refractivity contribution in [2.45, 2.75) is 60.0 Å². The molecule has 1 rings (SSSR count). The van der Waals surface area contributed by atoms with E-state index in [1.807, 2.05) is 6.92 Å². The highest BCUT2D eigenvalue weighted by Gasteiger charge is 2.41. The number of rotatable bonds is 4. The molecule has 0 amide bonds. The van der Waals surface area contributed by atoms with Gasteiger partial charge in [-0.3, -0.25) is 0 Å². The van der Waals surface area contributed by atoms with Gasteiger partial charge in [0, 0.05) is 0 Å². The lowest BCUT2D eigenvalue weighted by Gasteiger charge is -2.39. The third-order valence-electron chi connectivity index (χ3n) is 4.63. The first-order valence-electron chi connectivity index (χ1n) is 6.14. The summed E-state index contributed by atoms with van der Waals surface area (Å²) in [6.45, 7) is 11.1. The lowest BCUT2D eigenvalue weighted by Crippen LogP contribution is -2.31. The van der Waals surface area contributed by atoms with Crippen LogP contribution in [0.15, 0.2) is 12.2 Å². The van der Waals surface area contributed by atoms with Crippen molar-refractivity contribution in [1.82, 2.24) is 0 Å². The van der Waals surface area contributed by atoms with Gasteiger partial charge >= 0.3 is 0 Å². The van der Waals surface area contributed by atoms with E-state index in [1.165, 1.54) is 12.8 Å². The molecular weight excluding hydrogens is 184 g/mol. The SMILES string of the molecule is CC(O)C(C)CCC1(C)CC=CC1(C)C. The molecule has 0 aromatic carbocycles. The molecule has 1 heteroatoms. The van der Waals surface area contributed by atoms with Gasteiger partial charge in [-0.05, 0) is 42.9 Å².